The Bertz CT molecular complexity index is 869. The number of benzene rings is 1. The van der Waals surface area contributed by atoms with Gasteiger partial charge in [0.15, 0.2) is 0 Å². The Balaban J connectivity index is 1.46. The molecule has 1 saturated heterocycles. The van der Waals surface area contributed by atoms with Gasteiger partial charge in [-0.1, -0.05) is 23.7 Å². The Labute approximate surface area is 174 Å². The average Bonchev–Trinajstić information content (AvgIpc) is 3.05. The number of aliphatic hydroxyl groups is 1. The van der Waals surface area contributed by atoms with Crippen LogP contribution in [0.5, 0.6) is 0 Å². The molecule has 1 aromatic heterocycles. The lowest BCUT2D eigenvalue weighted by molar-refractivity contribution is -0.139. The van der Waals surface area contributed by atoms with E-state index in [9.17, 15) is 9.90 Å². The average molecular weight is 421 g/mol. The van der Waals surface area contributed by atoms with Gasteiger partial charge in [-0.2, -0.15) is 0 Å². The van der Waals surface area contributed by atoms with Crippen LogP contribution in [0.3, 0.4) is 0 Å². The van der Waals surface area contributed by atoms with E-state index < -0.39 is 6.10 Å². The van der Waals surface area contributed by atoms with Gasteiger partial charge >= 0.3 is 0 Å². The van der Waals surface area contributed by atoms with E-state index >= 15 is 0 Å². The van der Waals surface area contributed by atoms with Crippen LogP contribution in [-0.2, 0) is 21.7 Å². The smallest absolute Gasteiger partial charge is 0.221 e. The molecule has 1 spiro atoms. The summed E-state index contributed by atoms with van der Waals surface area (Å²) in [6.07, 6.45) is 1.19. The SMILES string of the molecule is CC(=O)Nc1ccc(CN2CC[C@]3(C[C@@H]2C)OC[C@H](O)c2cc(Cl)sc23)cc1. The van der Waals surface area contributed by atoms with Gasteiger partial charge in [-0.15, -0.1) is 11.3 Å². The number of halogens is 1. The maximum atomic E-state index is 11.2. The standard InChI is InChI=1S/C21H25ClN2O3S/c1-13-10-21(20-17(9-19(22)28-20)18(26)12-27-21)7-8-24(13)11-15-3-5-16(6-4-15)23-14(2)25/h3-6,9,13,18,26H,7-8,10-12H2,1-2H3,(H,23,25)/t13-,18-,21+/m0/s1. The van der Waals surface area contributed by atoms with E-state index in [0.29, 0.717) is 17.0 Å². The number of ether oxygens (including phenoxy) is 1. The zero-order valence-corrected chi connectivity index (χ0v) is 17.6. The van der Waals surface area contributed by atoms with Crippen molar-refractivity contribution < 1.29 is 14.6 Å². The molecule has 2 N–H and O–H groups in total. The number of rotatable bonds is 3. The van der Waals surface area contributed by atoms with E-state index in [2.05, 4.69) is 29.3 Å². The van der Waals surface area contributed by atoms with Gasteiger partial charge in [0.25, 0.3) is 0 Å². The highest BCUT2D eigenvalue weighted by Crippen LogP contribution is 2.50. The number of thiophene rings is 1. The second-order valence-corrected chi connectivity index (χ2v) is 9.49. The monoisotopic (exact) mass is 420 g/mol. The number of nitrogens with zero attached hydrogens (tertiary/aromatic N) is 1. The number of aliphatic hydroxyl groups excluding tert-OH is 1. The van der Waals surface area contributed by atoms with Gasteiger partial charge < -0.3 is 15.2 Å². The number of carbonyl (C=O) groups excluding carboxylic acids is 1. The van der Waals surface area contributed by atoms with Crippen molar-refractivity contribution in [1.82, 2.24) is 4.90 Å². The molecule has 2 aliphatic rings. The van der Waals surface area contributed by atoms with Crippen LogP contribution in [0, 0.1) is 0 Å². The van der Waals surface area contributed by atoms with Crippen LogP contribution in [0.25, 0.3) is 0 Å². The molecule has 5 nitrogen and oxygen atoms in total. The van der Waals surface area contributed by atoms with Gasteiger partial charge in [-0.25, -0.2) is 0 Å². The maximum absolute atomic E-state index is 11.2. The summed E-state index contributed by atoms with van der Waals surface area (Å²) in [5.41, 5.74) is 2.64. The number of anilines is 1. The molecule has 3 heterocycles. The molecule has 1 aromatic carbocycles. The van der Waals surface area contributed by atoms with Crippen molar-refractivity contribution in [2.24, 2.45) is 0 Å². The first-order chi connectivity index (χ1) is 13.4. The number of hydrogen-bond acceptors (Lipinski definition) is 5. The summed E-state index contributed by atoms with van der Waals surface area (Å²) in [6.45, 7) is 5.85. The van der Waals surface area contributed by atoms with E-state index in [0.717, 1.165) is 42.1 Å². The predicted molar refractivity (Wildman–Crippen MR) is 112 cm³/mol. The summed E-state index contributed by atoms with van der Waals surface area (Å²) in [4.78, 5) is 14.7. The largest absolute Gasteiger partial charge is 0.386 e. The number of fused-ring (bicyclic) bond motifs is 2. The molecule has 0 aliphatic carbocycles. The van der Waals surface area contributed by atoms with Gasteiger partial charge in [0.1, 0.15) is 11.7 Å². The third-order valence-electron chi connectivity index (χ3n) is 5.73. The molecule has 4 rings (SSSR count). The maximum Gasteiger partial charge on any atom is 0.221 e. The number of piperidine rings is 1. The first kappa shape index (κ1) is 19.9. The summed E-state index contributed by atoms with van der Waals surface area (Å²) in [6, 6.07) is 10.2. The molecule has 2 aromatic rings. The molecule has 0 bridgehead atoms. The Morgan fingerprint density at radius 3 is 2.86 bits per heavy atom. The predicted octanol–water partition coefficient (Wildman–Crippen LogP) is 4.30. The lowest BCUT2D eigenvalue weighted by atomic mass is 9.81. The molecule has 1 amide bonds. The third kappa shape index (κ3) is 3.84. The van der Waals surface area contributed by atoms with Crippen LogP contribution in [0.2, 0.25) is 4.34 Å². The quantitative estimate of drug-likeness (QED) is 0.776. The molecule has 7 heteroatoms. The summed E-state index contributed by atoms with van der Waals surface area (Å²) in [7, 11) is 0. The zero-order valence-electron chi connectivity index (χ0n) is 16.1. The highest BCUT2D eigenvalue weighted by atomic mass is 35.5. The highest BCUT2D eigenvalue weighted by molar-refractivity contribution is 7.16. The van der Waals surface area contributed by atoms with E-state index in [-0.39, 0.29) is 11.5 Å². The van der Waals surface area contributed by atoms with Gasteiger partial charge in [0, 0.05) is 42.2 Å². The Morgan fingerprint density at radius 2 is 2.18 bits per heavy atom. The fourth-order valence-electron chi connectivity index (χ4n) is 4.33. The Morgan fingerprint density at radius 1 is 1.43 bits per heavy atom. The first-order valence-electron chi connectivity index (χ1n) is 9.58. The fraction of sp³-hybridized carbons (Fsp3) is 0.476. The van der Waals surface area contributed by atoms with Gasteiger partial charge in [-0.3, -0.25) is 9.69 Å². The van der Waals surface area contributed by atoms with Crippen molar-refractivity contribution in [1.29, 1.82) is 0 Å². The zero-order chi connectivity index (χ0) is 19.9. The lowest BCUT2D eigenvalue weighted by Crippen LogP contribution is -2.50. The van der Waals surface area contributed by atoms with Crippen LogP contribution >= 0.6 is 22.9 Å². The topological polar surface area (TPSA) is 61.8 Å². The number of amides is 1. The van der Waals surface area contributed by atoms with Crippen LogP contribution in [-0.4, -0.2) is 35.1 Å². The molecule has 2 aliphatic heterocycles. The van der Waals surface area contributed by atoms with Gasteiger partial charge in [0.2, 0.25) is 5.91 Å². The van der Waals surface area contributed by atoms with E-state index in [1.54, 1.807) is 11.3 Å². The minimum Gasteiger partial charge on any atom is -0.386 e. The molecule has 3 atom stereocenters. The fourth-order valence-corrected chi connectivity index (χ4v) is 5.80. The summed E-state index contributed by atoms with van der Waals surface area (Å²) in [5, 5.41) is 13.1. The highest BCUT2D eigenvalue weighted by Gasteiger charge is 2.46. The molecule has 28 heavy (non-hydrogen) atoms. The van der Waals surface area contributed by atoms with Crippen molar-refractivity contribution in [3.8, 4) is 0 Å². The molecular formula is C21H25ClN2O3S. The summed E-state index contributed by atoms with van der Waals surface area (Å²) in [5.74, 6) is -0.0617. The van der Waals surface area contributed by atoms with Crippen molar-refractivity contribution in [3.63, 3.8) is 0 Å². The van der Waals surface area contributed by atoms with Crippen LogP contribution in [0.1, 0.15) is 48.8 Å². The van der Waals surface area contributed by atoms with Crippen LogP contribution in [0.15, 0.2) is 30.3 Å². The second kappa shape index (κ2) is 7.76. The summed E-state index contributed by atoms with van der Waals surface area (Å²) < 4.78 is 6.93. The number of hydrogen-bond donors (Lipinski definition) is 2. The van der Waals surface area contributed by atoms with E-state index in [1.807, 2.05) is 18.2 Å². The van der Waals surface area contributed by atoms with E-state index in [1.165, 1.54) is 12.5 Å². The van der Waals surface area contributed by atoms with Crippen molar-refractivity contribution in [2.75, 3.05) is 18.5 Å². The first-order valence-corrected chi connectivity index (χ1v) is 10.8. The lowest BCUT2D eigenvalue weighted by Gasteiger charge is -2.47. The van der Waals surface area contributed by atoms with Gasteiger partial charge in [0.05, 0.1) is 10.9 Å². The number of likely N-dealkylation sites (tertiary alicyclic amines) is 1. The van der Waals surface area contributed by atoms with Crippen molar-refractivity contribution >= 4 is 34.5 Å². The molecule has 1 fully saturated rings. The third-order valence-corrected chi connectivity index (χ3v) is 7.20. The van der Waals surface area contributed by atoms with E-state index in [4.69, 9.17) is 16.3 Å². The minimum absolute atomic E-state index is 0.0617. The molecule has 0 unspecified atom stereocenters. The minimum atomic E-state index is -0.583. The number of carbonyl (C=O) groups is 1. The summed E-state index contributed by atoms with van der Waals surface area (Å²) >= 11 is 7.79. The number of nitrogens with one attached hydrogen (secondary N) is 1. The molecular weight excluding hydrogens is 396 g/mol. The second-order valence-electron chi connectivity index (χ2n) is 7.81. The normalized spacial score (nSPS) is 27.6. The van der Waals surface area contributed by atoms with Gasteiger partial charge in [-0.05, 0) is 43.5 Å². The van der Waals surface area contributed by atoms with Crippen molar-refractivity contribution in [3.05, 3.63) is 50.7 Å². The Hall–Kier alpha value is -1.44. The van der Waals surface area contributed by atoms with Crippen molar-refractivity contribution in [2.45, 2.75) is 51.0 Å². The molecule has 0 radical (unpaired) electrons. The van der Waals surface area contributed by atoms with Crippen LogP contribution < -0.4 is 5.32 Å². The Kier molecular flexibility index (Phi) is 5.51. The van der Waals surface area contributed by atoms with Crippen LogP contribution in [0.4, 0.5) is 5.69 Å². The molecule has 0 saturated carbocycles. The molecule has 150 valence electrons.